The summed E-state index contributed by atoms with van der Waals surface area (Å²) in [6, 6.07) is 11.7. The quantitative estimate of drug-likeness (QED) is 0.485. The number of benzene rings is 2. The van der Waals surface area contributed by atoms with Gasteiger partial charge in [0.05, 0.1) is 11.3 Å². The second-order valence-electron chi connectivity index (χ2n) is 6.60. The fraction of sp³-hybridized carbons (Fsp3) is 0.333. The monoisotopic (exact) mass is 453 g/mol. The van der Waals surface area contributed by atoms with Gasteiger partial charge in [-0.1, -0.05) is 29.5 Å². The number of halogens is 2. The zero-order chi connectivity index (χ0) is 20.8. The molecule has 0 bridgehead atoms. The van der Waals surface area contributed by atoms with Crippen molar-refractivity contribution in [1.29, 1.82) is 0 Å². The van der Waals surface area contributed by atoms with Gasteiger partial charge in [-0.05, 0) is 45.3 Å². The molecule has 0 radical (unpaired) electrons. The first-order valence-electron chi connectivity index (χ1n) is 9.34. The number of aromatic nitrogens is 1. The summed E-state index contributed by atoms with van der Waals surface area (Å²) in [7, 11) is 3.87. The molecule has 0 unspecified atom stereocenters. The molecule has 0 aliphatic carbocycles. The molecule has 0 saturated heterocycles. The van der Waals surface area contributed by atoms with Crippen molar-refractivity contribution in [1.82, 2.24) is 9.88 Å². The van der Waals surface area contributed by atoms with E-state index in [-0.39, 0.29) is 30.7 Å². The Labute approximate surface area is 185 Å². The molecule has 3 aromatic rings. The molecule has 0 spiro atoms. The van der Waals surface area contributed by atoms with Gasteiger partial charge in [0.1, 0.15) is 11.3 Å². The van der Waals surface area contributed by atoms with Crippen molar-refractivity contribution in [3.8, 4) is 11.5 Å². The Hall–Kier alpha value is -2.42. The Morgan fingerprint density at radius 3 is 2.50 bits per heavy atom. The second kappa shape index (κ2) is 11.1. The SMILES string of the molecule is CCOc1cccc2sc(N(CCN(C)C)C(=O)COc3ccccc3F)nc12.Cl. The first-order valence-corrected chi connectivity index (χ1v) is 10.2. The summed E-state index contributed by atoms with van der Waals surface area (Å²) < 4.78 is 25.8. The van der Waals surface area contributed by atoms with Gasteiger partial charge in [-0.25, -0.2) is 9.37 Å². The summed E-state index contributed by atoms with van der Waals surface area (Å²) in [6.45, 7) is 3.27. The van der Waals surface area contributed by atoms with Crippen molar-refractivity contribution < 1.29 is 18.7 Å². The second-order valence-corrected chi connectivity index (χ2v) is 7.61. The Balaban J connectivity index is 0.00000320. The largest absolute Gasteiger partial charge is 0.492 e. The van der Waals surface area contributed by atoms with Crippen LogP contribution in [-0.4, -0.2) is 56.2 Å². The number of anilines is 1. The molecule has 2 aromatic carbocycles. The Kier molecular flexibility index (Phi) is 8.83. The molecular weight excluding hydrogens is 429 g/mol. The standard InChI is InChI=1S/C21H24FN3O3S.ClH/c1-4-27-17-10-7-11-18-20(17)23-21(29-18)25(13-12-24(2)3)19(26)14-28-16-9-6-5-8-15(16)22;/h5-11H,4,12-14H2,1-3H3;1H. The van der Waals surface area contributed by atoms with E-state index in [2.05, 4.69) is 4.98 Å². The van der Waals surface area contributed by atoms with Crippen molar-refractivity contribution >= 4 is 45.0 Å². The number of likely N-dealkylation sites (N-methyl/N-ethyl adjacent to an activating group) is 1. The highest BCUT2D eigenvalue weighted by atomic mass is 35.5. The molecule has 0 fully saturated rings. The maximum Gasteiger partial charge on any atom is 0.266 e. The molecule has 0 N–H and O–H groups in total. The smallest absolute Gasteiger partial charge is 0.266 e. The molecule has 1 amide bonds. The Morgan fingerprint density at radius 1 is 1.07 bits per heavy atom. The molecule has 1 aromatic heterocycles. The van der Waals surface area contributed by atoms with Gasteiger partial charge in [0.15, 0.2) is 23.3 Å². The number of amides is 1. The van der Waals surface area contributed by atoms with Gasteiger partial charge in [-0.2, -0.15) is 0 Å². The summed E-state index contributed by atoms with van der Waals surface area (Å²) in [5, 5.41) is 0.566. The summed E-state index contributed by atoms with van der Waals surface area (Å²) in [5.74, 6) is -0.0416. The molecule has 0 aliphatic rings. The van der Waals surface area contributed by atoms with Gasteiger partial charge < -0.3 is 14.4 Å². The van der Waals surface area contributed by atoms with Crippen LogP contribution in [0, 0.1) is 5.82 Å². The molecule has 6 nitrogen and oxygen atoms in total. The third-order valence-corrected chi connectivity index (χ3v) is 5.20. The van der Waals surface area contributed by atoms with Crippen LogP contribution in [0.2, 0.25) is 0 Å². The average molecular weight is 454 g/mol. The van der Waals surface area contributed by atoms with Crippen LogP contribution in [0.25, 0.3) is 10.2 Å². The van der Waals surface area contributed by atoms with Crippen molar-refractivity contribution in [2.24, 2.45) is 0 Å². The minimum Gasteiger partial charge on any atom is -0.492 e. The number of hydrogen-bond donors (Lipinski definition) is 0. The van der Waals surface area contributed by atoms with Gasteiger partial charge >= 0.3 is 0 Å². The van der Waals surface area contributed by atoms with Gasteiger partial charge in [0, 0.05) is 13.1 Å². The van der Waals surface area contributed by atoms with Crippen LogP contribution in [0.3, 0.4) is 0 Å². The minimum absolute atomic E-state index is 0. The first kappa shape index (κ1) is 23.9. The maximum absolute atomic E-state index is 13.8. The molecule has 30 heavy (non-hydrogen) atoms. The number of hydrogen-bond acceptors (Lipinski definition) is 6. The lowest BCUT2D eigenvalue weighted by Crippen LogP contribution is -2.39. The van der Waals surface area contributed by atoms with Crippen LogP contribution >= 0.6 is 23.7 Å². The average Bonchev–Trinajstić information content (AvgIpc) is 3.12. The fourth-order valence-electron chi connectivity index (χ4n) is 2.71. The lowest BCUT2D eigenvalue weighted by atomic mass is 10.3. The number of thiazole rings is 1. The van der Waals surface area contributed by atoms with E-state index in [9.17, 15) is 9.18 Å². The minimum atomic E-state index is -0.499. The lowest BCUT2D eigenvalue weighted by molar-refractivity contribution is -0.120. The summed E-state index contributed by atoms with van der Waals surface area (Å²) in [5.41, 5.74) is 0.729. The molecule has 0 saturated carbocycles. The van der Waals surface area contributed by atoms with E-state index in [1.54, 1.807) is 17.0 Å². The molecule has 9 heteroatoms. The number of rotatable bonds is 9. The Morgan fingerprint density at radius 2 is 1.80 bits per heavy atom. The van der Waals surface area contributed by atoms with E-state index < -0.39 is 5.82 Å². The topological polar surface area (TPSA) is 54.9 Å². The molecule has 0 aliphatic heterocycles. The van der Waals surface area contributed by atoms with Gasteiger partial charge in [-0.15, -0.1) is 12.4 Å². The molecule has 0 atom stereocenters. The van der Waals surface area contributed by atoms with Gasteiger partial charge in [0.25, 0.3) is 5.91 Å². The van der Waals surface area contributed by atoms with Crippen molar-refractivity contribution in [2.75, 3.05) is 45.3 Å². The zero-order valence-corrected chi connectivity index (χ0v) is 18.8. The molecule has 1 heterocycles. The van der Waals surface area contributed by atoms with Crippen LogP contribution < -0.4 is 14.4 Å². The third kappa shape index (κ3) is 5.81. The number of ether oxygens (including phenoxy) is 2. The highest BCUT2D eigenvalue weighted by Crippen LogP contribution is 2.34. The molecule has 162 valence electrons. The summed E-state index contributed by atoms with van der Waals surface area (Å²) >= 11 is 1.42. The van der Waals surface area contributed by atoms with Crippen LogP contribution in [-0.2, 0) is 4.79 Å². The number of carbonyl (C=O) groups is 1. The van der Waals surface area contributed by atoms with E-state index in [4.69, 9.17) is 9.47 Å². The van der Waals surface area contributed by atoms with Crippen LogP contribution in [0.1, 0.15) is 6.92 Å². The molecule has 3 rings (SSSR count). The van der Waals surface area contributed by atoms with E-state index in [1.165, 1.54) is 23.5 Å². The normalized spacial score (nSPS) is 10.7. The summed E-state index contributed by atoms with van der Waals surface area (Å²) in [6.07, 6.45) is 0. The number of nitrogens with zero attached hydrogens (tertiary/aromatic N) is 3. The van der Waals surface area contributed by atoms with Crippen molar-refractivity contribution in [3.63, 3.8) is 0 Å². The van der Waals surface area contributed by atoms with Crippen LogP contribution in [0.15, 0.2) is 42.5 Å². The van der Waals surface area contributed by atoms with Crippen molar-refractivity contribution in [2.45, 2.75) is 6.92 Å². The highest BCUT2D eigenvalue weighted by Gasteiger charge is 2.22. The fourth-order valence-corrected chi connectivity index (χ4v) is 3.73. The summed E-state index contributed by atoms with van der Waals surface area (Å²) in [4.78, 5) is 21.1. The number of carbonyl (C=O) groups excluding carboxylic acids is 1. The third-order valence-electron chi connectivity index (χ3n) is 4.16. The Bertz CT molecular complexity index is 983. The maximum atomic E-state index is 13.8. The lowest BCUT2D eigenvalue weighted by Gasteiger charge is -2.22. The van der Waals surface area contributed by atoms with E-state index in [1.807, 2.05) is 44.1 Å². The number of fused-ring (bicyclic) bond motifs is 1. The highest BCUT2D eigenvalue weighted by molar-refractivity contribution is 7.22. The van der Waals surface area contributed by atoms with Crippen molar-refractivity contribution in [3.05, 3.63) is 48.3 Å². The van der Waals surface area contributed by atoms with E-state index in [0.717, 1.165) is 10.2 Å². The van der Waals surface area contributed by atoms with E-state index in [0.29, 0.717) is 30.6 Å². The first-order chi connectivity index (χ1) is 14.0. The van der Waals surface area contributed by atoms with Crippen LogP contribution in [0.4, 0.5) is 9.52 Å². The van der Waals surface area contributed by atoms with Crippen LogP contribution in [0.5, 0.6) is 11.5 Å². The molecular formula is C21H25ClFN3O3S. The van der Waals surface area contributed by atoms with Gasteiger partial charge in [-0.3, -0.25) is 9.69 Å². The zero-order valence-electron chi connectivity index (χ0n) is 17.1. The predicted molar refractivity (Wildman–Crippen MR) is 121 cm³/mol. The van der Waals surface area contributed by atoms with Gasteiger partial charge in [0.2, 0.25) is 0 Å². The predicted octanol–water partition coefficient (Wildman–Crippen LogP) is 4.23. The van der Waals surface area contributed by atoms with E-state index >= 15 is 0 Å². The number of para-hydroxylation sites is 2.